The minimum atomic E-state index is -0.457. The predicted octanol–water partition coefficient (Wildman–Crippen LogP) is 2.70. The molecule has 0 aliphatic heterocycles. The molecule has 1 aliphatic rings. The molecule has 1 aromatic carbocycles. The summed E-state index contributed by atoms with van der Waals surface area (Å²) in [6.45, 7) is 0. The molecule has 21 heavy (non-hydrogen) atoms. The lowest BCUT2D eigenvalue weighted by atomic mass is 9.93. The third-order valence-electron chi connectivity index (χ3n) is 3.52. The van der Waals surface area contributed by atoms with Crippen molar-refractivity contribution in [2.75, 3.05) is 5.32 Å². The molecular weight excluding hydrogens is 271 g/mol. The lowest BCUT2D eigenvalue weighted by molar-refractivity contribution is -0.120. The second kappa shape index (κ2) is 5.87. The number of hydrogen-bond donors (Lipinski definition) is 1. The lowest BCUT2D eigenvalue weighted by Crippen LogP contribution is -2.23. The van der Waals surface area contributed by atoms with Gasteiger partial charge in [-0.05, 0) is 37.5 Å². The number of amides is 1. The summed E-state index contributed by atoms with van der Waals surface area (Å²) < 4.78 is 15.4. The van der Waals surface area contributed by atoms with Crippen LogP contribution < -0.4 is 5.32 Å². The summed E-state index contributed by atoms with van der Waals surface area (Å²) in [4.78, 5) is 15.9. The van der Waals surface area contributed by atoms with Gasteiger partial charge in [0, 0.05) is 11.6 Å². The van der Waals surface area contributed by atoms with Crippen LogP contribution in [-0.4, -0.2) is 20.7 Å². The number of carbonyl (C=O) groups excluding carboxylic acids is 1. The second-order valence-electron chi connectivity index (χ2n) is 4.98. The number of nitrogens with one attached hydrogen (secondary N) is 1. The number of hydrogen-bond acceptors (Lipinski definition) is 3. The molecule has 1 aliphatic carbocycles. The molecule has 1 amide bonds. The molecule has 0 spiro atoms. The van der Waals surface area contributed by atoms with E-state index in [0.29, 0.717) is 11.4 Å². The molecule has 2 aromatic rings. The molecule has 0 unspecified atom stereocenters. The van der Waals surface area contributed by atoms with E-state index in [0.717, 1.165) is 19.3 Å². The maximum atomic E-state index is 14.1. The van der Waals surface area contributed by atoms with Crippen LogP contribution in [0, 0.1) is 11.7 Å². The molecule has 0 radical (unpaired) electrons. The van der Waals surface area contributed by atoms with Crippen molar-refractivity contribution in [1.29, 1.82) is 0 Å². The number of nitrogens with zero attached hydrogens (tertiary/aromatic N) is 3. The zero-order valence-corrected chi connectivity index (χ0v) is 11.4. The Morgan fingerprint density at radius 2 is 2.29 bits per heavy atom. The van der Waals surface area contributed by atoms with E-state index in [-0.39, 0.29) is 11.8 Å². The molecule has 1 aromatic heterocycles. The Labute approximate surface area is 121 Å². The molecule has 0 bridgehead atoms. The van der Waals surface area contributed by atoms with Gasteiger partial charge in [0.25, 0.3) is 0 Å². The largest absolute Gasteiger partial charge is 0.326 e. The summed E-state index contributed by atoms with van der Waals surface area (Å²) in [6, 6.07) is 4.53. The molecular formula is C15H15FN4O. The monoisotopic (exact) mass is 286 g/mol. The standard InChI is InChI=1S/C15H15FN4O/c16-13-8-12(6-7-14(13)20-10-17-9-18-20)19-15(21)11-4-2-1-3-5-11/h1-2,6-11H,3-5H2,(H,19,21)/t11-/m1/s1. The fourth-order valence-electron chi connectivity index (χ4n) is 2.38. The van der Waals surface area contributed by atoms with E-state index in [1.807, 2.05) is 6.08 Å². The molecule has 0 saturated carbocycles. The summed E-state index contributed by atoms with van der Waals surface area (Å²) in [5, 5.41) is 6.65. The summed E-state index contributed by atoms with van der Waals surface area (Å²) in [5.74, 6) is -0.554. The van der Waals surface area contributed by atoms with Crippen LogP contribution in [0.4, 0.5) is 10.1 Å². The van der Waals surface area contributed by atoms with Crippen molar-refractivity contribution in [1.82, 2.24) is 14.8 Å². The summed E-state index contributed by atoms with van der Waals surface area (Å²) >= 11 is 0. The van der Waals surface area contributed by atoms with Crippen molar-refractivity contribution in [3.8, 4) is 5.69 Å². The minimum absolute atomic E-state index is 0.0342. The van der Waals surface area contributed by atoms with Gasteiger partial charge in [-0.3, -0.25) is 4.79 Å². The molecule has 1 heterocycles. The zero-order valence-electron chi connectivity index (χ0n) is 11.4. The maximum absolute atomic E-state index is 14.1. The number of allylic oxidation sites excluding steroid dienone is 2. The highest BCUT2D eigenvalue weighted by molar-refractivity contribution is 5.92. The molecule has 1 atom stereocenters. The number of aromatic nitrogens is 3. The third-order valence-corrected chi connectivity index (χ3v) is 3.52. The van der Waals surface area contributed by atoms with E-state index in [1.54, 1.807) is 12.1 Å². The average Bonchev–Trinajstić information content (AvgIpc) is 3.02. The van der Waals surface area contributed by atoms with Crippen LogP contribution in [0.2, 0.25) is 0 Å². The van der Waals surface area contributed by atoms with E-state index in [2.05, 4.69) is 21.5 Å². The number of rotatable bonds is 3. The van der Waals surface area contributed by atoms with Gasteiger partial charge in [0.2, 0.25) is 5.91 Å². The second-order valence-corrected chi connectivity index (χ2v) is 4.98. The van der Waals surface area contributed by atoms with E-state index >= 15 is 0 Å². The SMILES string of the molecule is O=C(Nc1ccc(-n2cncn2)c(F)c1)[C@@H]1CC=CCC1. The Balaban J connectivity index is 1.73. The topological polar surface area (TPSA) is 59.8 Å². The van der Waals surface area contributed by atoms with Gasteiger partial charge in [-0.15, -0.1) is 0 Å². The Morgan fingerprint density at radius 3 is 2.95 bits per heavy atom. The molecule has 1 N–H and O–H groups in total. The number of anilines is 1. The fourth-order valence-corrected chi connectivity index (χ4v) is 2.38. The van der Waals surface area contributed by atoms with E-state index in [4.69, 9.17) is 0 Å². The summed E-state index contributed by atoms with van der Waals surface area (Å²) in [6.07, 6.45) is 9.35. The summed E-state index contributed by atoms with van der Waals surface area (Å²) in [7, 11) is 0. The van der Waals surface area contributed by atoms with Crippen molar-refractivity contribution < 1.29 is 9.18 Å². The Morgan fingerprint density at radius 1 is 1.38 bits per heavy atom. The first kappa shape index (κ1) is 13.5. The predicted molar refractivity (Wildman–Crippen MR) is 76.4 cm³/mol. The van der Waals surface area contributed by atoms with E-state index in [1.165, 1.54) is 23.4 Å². The molecule has 0 fully saturated rings. The number of halogens is 1. The van der Waals surface area contributed by atoms with Crippen LogP contribution in [-0.2, 0) is 4.79 Å². The molecule has 108 valence electrons. The van der Waals surface area contributed by atoms with Crippen molar-refractivity contribution >= 4 is 11.6 Å². The van der Waals surface area contributed by atoms with Gasteiger partial charge in [0.1, 0.15) is 18.3 Å². The molecule has 5 nitrogen and oxygen atoms in total. The van der Waals surface area contributed by atoms with E-state index < -0.39 is 5.82 Å². The molecule has 0 saturated heterocycles. The average molecular weight is 286 g/mol. The van der Waals surface area contributed by atoms with Crippen LogP contribution in [0.5, 0.6) is 0 Å². The van der Waals surface area contributed by atoms with Gasteiger partial charge in [-0.1, -0.05) is 12.2 Å². The Hall–Kier alpha value is -2.50. The van der Waals surface area contributed by atoms with E-state index in [9.17, 15) is 9.18 Å². The van der Waals surface area contributed by atoms with Crippen molar-refractivity contribution in [3.05, 3.63) is 48.8 Å². The van der Waals surface area contributed by atoms with Gasteiger partial charge in [0.05, 0.1) is 0 Å². The van der Waals surface area contributed by atoms with Crippen molar-refractivity contribution in [2.45, 2.75) is 19.3 Å². The summed E-state index contributed by atoms with van der Waals surface area (Å²) in [5.41, 5.74) is 0.752. The highest BCUT2D eigenvalue weighted by Gasteiger charge is 2.19. The zero-order chi connectivity index (χ0) is 14.7. The third kappa shape index (κ3) is 2.99. The van der Waals surface area contributed by atoms with Crippen LogP contribution in [0.3, 0.4) is 0 Å². The highest BCUT2D eigenvalue weighted by atomic mass is 19.1. The van der Waals surface area contributed by atoms with Gasteiger partial charge in [0.15, 0.2) is 5.82 Å². The van der Waals surface area contributed by atoms with Crippen LogP contribution in [0.15, 0.2) is 43.0 Å². The quantitative estimate of drug-likeness (QED) is 0.882. The molecule has 6 heteroatoms. The van der Waals surface area contributed by atoms with Crippen LogP contribution in [0.25, 0.3) is 5.69 Å². The van der Waals surface area contributed by atoms with Gasteiger partial charge in [-0.2, -0.15) is 5.10 Å². The van der Waals surface area contributed by atoms with Crippen LogP contribution >= 0.6 is 0 Å². The minimum Gasteiger partial charge on any atom is -0.326 e. The van der Waals surface area contributed by atoms with Crippen molar-refractivity contribution in [2.24, 2.45) is 5.92 Å². The first-order chi connectivity index (χ1) is 10.2. The fraction of sp³-hybridized carbons (Fsp3) is 0.267. The van der Waals surface area contributed by atoms with Crippen LogP contribution in [0.1, 0.15) is 19.3 Å². The Kier molecular flexibility index (Phi) is 3.77. The first-order valence-electron chi connectivity index (χ1n) is 6.84. The first-order valence-corrected chi connectivity index (χ1v) is 6.84. The van der Waals surface area contributed by atoms with Gasteiger partial charge < -0.3 is 5.32 Å². The normalized spacial score (nSPS) is 17.7. The van der Waals surface area contributed by atoms with Gasteiger partial charge >= 0.3 is 0 Å². The lowest BCUT2D eigenvalue weighted by Gasteiger charge is -2.17. The maximum Gasteiger partial charge on any atom is 0.227 e. The van der Waals surface area contributed by atoms with Gasteiger partial charge in [-0.25, -0.2) is 14.1 Å². The highest BCUT2D eigenvalue weighted by Crippen LogP contribution is 2.22. The number of carbonyl (C=O) groups is 1. The number of benzene rings is 1. The Bertz CT molecular complexity index is 666. The smallest absolute Gasteiger partial charge is 0.227 e. The molecule has 3 rings (SSSR count). The van der Waals surface area contributed by atoms with Crippen molar-refractivity contribution in [3.63, 3.8) is 0 Å².